The van der Waals surface area contributed by atoms with Gasteiger partial charge >= 0.3 is 0 Å². The van der Waals surface area contributed by atoms with E-state index in [-0.39, 0.29) is 36.1 Å². The maximum absolute atomic E-state index is 11.4. The highest BCUT2D eigenvalue weighted by Gasteiger charge is 2.26. The fraction of sp³-hybridized carbons (Fsp3) is 0.750. The van der Waals surface area contributed by atoms with E-state index in [0.29, 0.717) is 6.42 Å². The normalized spacial score (nSPS) is 17.2. The molecule has 102 valence electrons. The Bertz CT molecular complexity index is 229. The molecular weight excluding hydrogens is 259 g/mol. The van der Waals surface area contributed by atoms with Crippen molar-refractivity contribution in [2.75, 3.05) is 19.6 Å². The zero-order chi connectivity index (χ0) is 11.1. The molecule has 0 aromatic carbocycles. The van der Waals surface area contributed by atoms with Gasteiger partial charge in [0.15, 0.2) is 0 Å². The first-order chi connectivity index (χ1) is 7.16. The molecule has 0 saturated carbocycles. The first kappa shape index (κ1) is 19.1. The largest absolute Gasteiger partial charge is 0.356 e. The van der Waals surface area contributed by atoms with Crippen molar-refractivity contribution in [2.24, 2.45) is 5.41 Å². The zero-order valence-corrected chi connectivity index (χ0v) is 12.1. The van der Waals surface area contributed by atoms with E-state index < -0.39 is 0 Å². The molecule has 1 amide bonds. The Balaban J connectivity index is 0. The van der Waals surface area contributed by atoms with Crippen LogP contribution in [0.25, 0.3) is 0 Å². The number of carbonyl (C=O) groups excluding carboxylic acids is 1. The highest BCUT2D eigenvalue weighted by molar-refractivity contribution is 5.85. The summed E-state index contributed by atoms with van der Waals surface area (Å²) in [5, 5.41) is 6.35. The van der Waals surface area contributed by atoms with E-state index in [0.717, 1.165) is 38.9 Å². The molecule has 0 spiro atoms. The van der Waals surface area contributed by atoms with E-state index >= 15 is 0 Å². The Morgan fingerprint density at radius 3 is 2.53 bits per heavy atom. The number of hydrogen-bond acceptors (Lipinski definition) is 2. The number of amides is 1. The maximum Gasteiger partial charge on any atom is 0.220 e. The van der Waals surface area contributed by atoms with Crippen molar-refractivity contribution >= 4 is 30.7 Å². The smallest absolute Gasteiger partial charge is 0.220 e. The Morgan fingerprint density at radius 2 is 2.00 bits per heavy atom. The minimum atomic E-state index is 0. The van der Waals surface area contributed by atoms with Gasteiger partial charge in [0.25, 0.3) is 0 Å². The summed E-state index contributed by atoms with van der Waals surface area (Å²) in [6.45, 7) is 8.81. The highest BCUT2D eigenvalue weighted by Crippen LogP contribution is 2.26. The number of piperidine rings is 1. The molecule has 5 heteroatoms. The molecule has 0 aromatic heterocycles. The summed E-state index contributed by atoms with van der Waals surface area (Å²) >= 11 is 0. The van der Waals surface area contributed by atoms with Crippen molar-refractivity contribution in [3.63, 3.8) is 0 Å². The van der Waals surface area contributed by atoms with Crippen molar-refractivity contribution in [2.45, 2.75) is 32.6 Å². The highest BCUT2D eigenvalue weighted by atomic mass is 35.5. The fourth-order valence-corrected chi connectivity index (χ4v) is 1.84. The van der Waals surface area contributed by atoms with Gasteiger partial charge in [-0.2, -0.15) is 0 Å². The third-order valence-electron chi connectivity index (χ3n) is 3.10. The molecule has 1 heterocycles. The SMILES string of the molecule is C=CCCC(=O)NCC1(C)CCNCC1.Cl.Cl. The molecule has 0 unspecified atom stereocenters. The van der Waals surface area contributed by atoms with Gasteiger partial charge in [0.2, 0.25) is 5.91 Å². The van der Waals surface area contributed by atoms with E-state index in [1.807, 2.05) is 0 Å². The monoisotopic (exact) mass is 282 g/mol. The summed E-state index contributed by atoms with van der Waals surface area (Å²) in [5.41, 5.74) is 0.287. The van der Waals surface area contributed by atoms with Crippen LogP contribution in [-0.2, 0) is 4.79 Å². The summed E-state index contributed by atoms with van der Waals surface area (Å²) in [6.07, 6.45) is 5.41. The van der Waals surface area contributed by atoms with Crippen molar-refractivity contribution in [3.05, 3.63) is 12.7 Å². The molecule has 2 N–H and O–H groups in total. The Hall–Kier alpha value is -0.250. The predicted octanol–water partition coefficient (Wildman–Crippen LogP) is 2.30. The van der Waals surface area contributed by atoms with Gasteiger partial charge in [-0.05, 0) is 37.8 Å². The van der Waals surface area contributed by atoms with E-state index in [9.17, 15) is 4.79 Å². The van der Waals surface area contributed by atoms with Gasteiger partial charge in [-0.1, -0.05) is 13.0 Å². The lowest BCUT2D eigenvalue weighted by atomic mass is 9.81. The number of halogens is 2. The quantitative estimate of drug-likeness (QED) is 0.760. The lowest BCUT2D eigenvalue weighted by Gasteiger charge is -2.34. The minimum Gasteiger partial charge on any atom is -0.356 e. The standard InChI is InChI=1S/C12H22N2O.2ClH/c1-3-4-5-11(15)14-10-12(2)6-8-13-9-7-12;;/h3,13H,1,4-10H2,2H3,(H,14,15);2*1H. The summed E-state index contributed by atoms with van der Waals surface area (Å²) in [6, 6.07) is 0. The van der Waals surface area contributed by atoms with Crippen LogP contribution < -0.4 is 10.6 Å². The van der Waals surface area contributed by atoms with Gasteiger partial charge < -0.3 is 10.6 Å². The van der Waals surface area contributed by atoms with Gasteiger partial charge in [0.1, 0.15) is 0 Å². The zero-order valence-electron chi connectivity index (χ0n) is 10.5. The van der Waals surface area contributed by atoms with Crippen LogP contribution in [0.3, 0.4) is 0 Å². The van der Waals surface area contributed by atoms with Crippen LogP contribution in [0.5, 0.6) is 0 Å². The van der Waals surface area contributed by atoms with Crippen molar-refractivity contribution in [1.29, 1.82) is 0 Å². The van der Waals surface area contributed by atoms with E-state index in [1.165, 1.54) is 0 Å². The van der Waals surface area contributed by atoms with Gasteiger partial charge in [0, 0.05) is 13.0 Å². The molecule has 0 aromatic rings. The first-order valence-corrected chi connectivity index (χ1v) is 5.75. The topological polar surface area (TPSA) is 41.1 Å². The fourth-order valence-electron chi connectivity index (χ4n) is 1.84. The molecule has 17 heavy (non-hydrogen) atoms. The van der Waals surface area contributed by atoms with E-state index in [4.69, 9.17) is 0 Å². The summed E-state index contributed by atoms with van der Waals surface area (Å²) in [7, 11) is 0. The summed E-state index contributed by atoms with van der Waals surface area (Å²) in [4.78, 5) is 11.4. The van der Waals surface area contributed by atoms with Crippen LogP contribution in [0.2, 0.25) is 0 Å². The van der Waals surface area contributed by atoms with Gasteiger partial charge in [-0.3, -0.25) is 4.79 Å². The number of nitrogens with one attached hydrogen (secondary N) is 2. The number of rotatable bonds is 5. The first-order valence-electron chi connectivity index (χ1n) is 5.75. The molecule has 1 rings (SSSR count). The lowest BCUT2D eigenvalue weighted by Crippen LogP contribution is -2.42. The van der Waals surface area contributed by atoms with E-state index in [2.05, 4.69) is 24.1 Å². The third-order valence-corrected chi connectivity index (χ3v) is 3.10. The van der Waals surface area contributed by atoms with Gasteiger partial charge in [-0.15, -0.1) is 31.4 Å². The minimum absolute atomic E-state index is 0. The second kappa shape index (κ2) is 9.75. The molecule has 0 atom stereocenters. The average Bonchev–Trinajstić information content (AvgIpc) is 2.25. The van der Waals surface area contributed by atoms with Crippen molar-refractivity contribution < 1.29 is 4.79 Å². The van der Waals surface area contributed by atoms with E-state index in [1.54, 1.807) is 6.08 Å². The lowest BCUT2D eigenvalue weighted by molar-refractivity contribution is -0.121. The molecule has 1 saturated heterocycles. The van der Waals surface area contributed by atoms with Crippen LogP contribution in [-0.4, -0.2) is 25.5 Å². The van der Waals surface area contributed by atoms with Crippen LogP contribution in [0, 0.1) is 5.41 Å². The number of allylic oxidation sites excluding steroid dienone is 1. The second-order valence-corrected chi connectivity index (χ2v) is 4.66. The maximum atomic E-state index is 11.4. The molecule has 1 fully saturated rings. The van der Waals surface area contributed by atoms with Crippen LogP contribution in [0.15, 0.2) is 12.7 Å². The molecule has 1 aliphatic heterocycles. The van der Waals surface area contributed by atoms with Gasteiger partial charge in [-0.25, -0.2) is 0 Å². The number of carbonyl (C=O) groups is 1. The summed E-state index contributed by atoms with van der Waals surface area (Å²) in [5.74, 6) is 0.148. The Kier molecular flexibility index (Phi) is 10.9. The average molecular weight is 283 g/mol. The van der Waals surface area contributed by atoms with Crippen molar-refractivity contribution in [3.8, 4) is 0 Å². The van der Waals surface area contributed by atoms with Gasteiger partial charge in [0.05, 0.1) is 0 Å². The molecule has 3 nitrogen and oxygen atoms in total. The molecule has 0 radical (unpaired) electrons. The Labute approximate surface area is 117 Å². The second-order valence-electron chi connectivity index (χ2n) is 4.66. The molecular formula is C12H24Cl2N2O. The predicted molar refractivity (Wildman–Crippen MR) is 77.1 cm³/mol. The summed E-state index contributed by atoms with van der Waals surface area (Å²) < 4.78 is 0. The van der Waals surface area contributed by atoms with Crippen molar-refractivity contribution in [1.82, 2.24) is 10.6 Å². The van der Waals surface area contributed by atoms with Crippen LogP contribution in [0.1, 0.15) is 32.6 Å². The van der Waals surface area contributed by atoms with Crippen LogP contribution >= 0.6 is 24.8 Å². The molecule has 0 aliphatic carbocycles. The third kappa shape index (κ3) is 7.63. The number of hydrogen-bond donors (Lipinski definition) is 2. The Morgan fingerprint density at radius 1 is 1.41 bits per heavy atom. The molecule has 0 bridgehead atoms. The molecule has 1 aliphatic rings. The van der Waals surface area contributed by atoms with Crippen LogP contribution in [0.4, 0.5) is 0 Å².